The Kier molecular flexibility index (Phi) is 8.83. The molecule has 0 aromatic carbocycles. The van der Waals surface area contributed by atoms with Crippen LogP contribution in [0.3, 0.4) is 0 Å². The second kappa shape index (κ2) is 11.2. The number of aromatic nitrogens is 1. The lowest BCUT2D eigenvalue weighted by Crippen LogP contribution is -2.66. The van der Waals surface area contributed by atoms with E-state index in [1.165, 1.54) is 6.07 Å². The van der Waals surface area contributed by atoms with Crippen molar-refractivity contribution in [3.63, 3.8) is 0 Å². The van der Waals surface area contributed by atoms with Crippen molar-refractivity contribution in [2.75, 3.05) is 57.4 Å². The largest absolute Gasteiger partial charge is 0.377 e. The third-order valence-corrected chi connectivity index (χ3v) is 6.77. The van der Waals surface area contributed by atoms with Crippen molar-refractivity contribution in [1.29, 1.82) is 0 Å². The van der Waals surface area contributed by atoms with Gasteiger partial charge in [0.2, 0.25) is 5.91 Å². The van der Waals surface area contributed by atoms with Gasteiger partial charge in [0, 0.05) is 64.0 Å². The van der Waals surface area contributed by atoms with E-state index < -0.39 is 5.82 Å². The van der Waals surface area contributed by atoms with Gasteiger partial charge >= 0.3 is 0 Å². The summed E-state index contributed by atoms with van der Waals surface area (Å²) in [7, 11) is 0. The van der Waals surface area contributed by atoms with Crippen LogP contribution in [0.2, 0.25) is 0 Å². The van der Waals surface area contributed by atoms with Gasteiger partial charge < -0.3 is 9.47 Å². The summed E-state index contributed by atoms with van der Waals surface area (Å²) >= 11 is 0. The summed E-state index contributed by atoms with van der Waals surface area (Å²) in [6.07, 6.45) is 3.67. The lowest BCUT2D eigenvalue weighted by atomic mass is 9.78. The molecule has 0 radical (unpaired) electrons. The zero-order valence-corrected chi connectivity index (χ0v) is 21.0. The molecule has 3 heterocycles. The average Bonchev–Trinajstić information content (AvgIpc) is 2.77. The molecule has 0 spiro atoms. The van der Waals surface area contributed by atoms with Crippen LogP contribution in [0.4, 0.5) is 10.2 Å². The minimum Gasteiger partial charge on any atom is -0.377 e. The van der Waals surface area contributed by atoms with Gasteiger partial charge in [-0.2, -0.15) is 0 Å². The molecule has 2 aliphatic rings. The van der Waals surface area contributed by atoms with Crippen LogP contribution in [0.25, 0.3) is 0 Å². The van der Waals surface area contributed by atoms with Gasteiger partial charge in [-0.1, -0.05) is 6.92 Å². The minimum absolute atomic E-state index is 0.110. The Balaban J connectivity index is 1.81. The van der Waals surface area contributed by atoms with Crippen LogP contribution >= 0.6 is 0 Å². The van der Waals surface area contributed by atoms with Crippen molar-refractivity contribution in [3.05, 3.63) is 24.1 Å². The number of piperazine rings is 1. The van der Waals surface area contributed by atoms with E-state index in [9.17, 15) is 9.18 Å². The number of nitrogens with zero attached hydrogens (tertiary/aromatic N) is 4. The molecule has 0 saturated carbocycles. The molecule has 2 aliphatic heterocycles. The zero-order valence-electron chi connectivity index (χ0n) is 21.0. The predicted molar refractivity (Wildman–Crippen MR) is 128 cm³/mol. The first-order chi connectivity index (χ1) is 15.7. The molecule has 1 aromatic rings. The molecule has 7 nitrogen and oxygen atoms in total. The fourth-order valence-corrected chi connectivity index (χ4v) is 5.16. The van der Waals surface area contributed by atoms with Crippen LogP contribution in [0, 0.1) is 5.82 Å². The molecule has 1 amide bonds. The van der Waals surface area contributed by atoms with Crippen molar-refractivity contribution >= 4 is 11.7 Å². The van der Waals surface area contributed by atoms with Gasteiger partial charge in [-0.25, -0.2) is 9.37 Å². The summed E-state index contributed by atoms with van der Waals surface area (Å²) in [6, 6.07) is 2.93. The third kappa shape index (κ3) is 6.72. The van der Waals surface area contributed by atoms with Gasteiger partial charge in [-0.15, -0.1) is 0 Å². The van der Waals surface area contributed by atoms with Crippen LogP contribution in [0.15, 0.2) is 18.3 Å². The second-order valence-corrected chi connectivity index (χ2v) is 10.1. The molecule has 1 atom stereocenters. The van der Waals surface area contributed by atoms with Crippen molar-refractivity contribution in [2.24, 2.45) is 0 Å². The van der Waals surface area contributed by atoms with Crippen molar-refractivity contribution < 1.29 is 18.7 Å². The maximum absolute atomic E-state index is 14.7. The smallest absolute Gasteiger partial charge is 0.228 e. The van der Waals surface area contributed by atoms with Crippen LogP contribution < -0.4 is 4.90 Å². The molecule has 1 aromatic heterocycles. The van der Waals surface area contributed by atoms with E-state index in [-0.39, 0.29) is 29.0 Å². The summed E-state index contributed by atoms with van der Waals surface area (Å²) < 4.78 is 26.5. The molecule has 3 rings (SSSR count). The number of amides is 1. The summed E-state index contributed by atoms with van der Waals surface area (Å²) in [6.45, 7) is 16.5. The summed E-state index contributed by atoms with van der Waals surface area (Å²) in [4.78, 5) is 23.8. The Morgan fingerprint density at radius 1 is 1.30 bits per heavy atom. The predicted octanol–water partition coefficient (Wildman–Crippen LogP) is 3.33. The molecular weight excluding hydrogens is 423 g/mol. The van der Waals surface area contributed by atoms with E-state index in [1.807, 2.05) is 6.92 Å². The topological polar surface area (TPSA) is 58.1 Å². The number of hydrogen-bond acceptors (Lipinski definition) is 6. The number of carbonyl (C=O) groups is 1. The number of halogens is 1. The second-order valence-electron chi connectivity index (χ2n) is 10.1. The van der Waals surface area contributed by atoms with E-state index in [0.29, 0.717) is 19.6 Å². The maximum Gasteiger partial charge on any atom is 0.228 e. The molecule has 1 unspecified atom stereocenters. The van der Waals surface area contributed by atoms with Crippen molar-refractivity contribution in [2.45, 2.75) is 71.1 Å². The number of hydrogen-bond donors (Lipinski definition) is 0. The standard InChI is InChI=1S/C25H41FN4O3/c1-6-22(31)30(23-21(26)8-7-10-27-23)19-25(9-16-33-24(4,5)18-25)29-13-11-28(12-14-29)15-17-32-20(2)3/h7-8,10,20H,6,9,11-19H2,1-5H3. The van der Waals surface area contributed by atoms with Gasteiger partial charge in [-0.05, 0) is 52.7 Å². The molecule has 0 aliphatic carbocycles. The number of anilines is 1. The molecule has 8 heteroatoms. The number of carbonyl (C=O) groups excluding carboxylic acids is 1. The van der Waals surface area contributed by atoms with Crippen molar-refractivity contribution in [3.8, 4) is 0 Å². The molecule has 2 fully saturated rings. The fourth-order valence-electron chi connectivity index (χ4n) is 5.16. The Morgan fingerprint density at radius 2 is 2.03 bits per heavy atom. The van der Waals surface area contributed by atoms with Crippen LogP contribution in [-0.4, -0.2) is 90.4 Å². The minimum atomic E-state index is -0.462. The Bertz CT molecular complexity index is 783. The van der Waals surface area contributed by atoms with Gasteiger partial charge in [0.05, 0.1) is 18.3 Å². The number of ether oxygens (including phenoxy) is 2. The van der Waals surface area contributed by atoms with E-state index in [0.717, 1.165) is 52.2 Å². The van der Waals surface area contributed by atoms with Crippen LogP contribution in [-0.2, 0) is 14.3 Å². The van der Waals surface area contributed by atoms with E-state index in [4.69, 9.17) is 9.47 Å². The monoisotopic (exact) mass is 464 g/mol. The van der Waals surface area contributed by atoms with Gasteiger partial charge in [0.1, 0.15) is 0 Å². The van der Waals surface area contributed by atoms with Gasteiger partial charge in [0.15, 0.2) is 11.6 Å². The van der Waals surface area contributed by atoms with E-state index in [2.05, 4.69) is 42.5 Å². The highest BCUT2D eigenvalue weighted by molar-refractivity contribution is 5.92. The van der Waals surface area contributed by atoms with Gasteiger partial charge in [-0.3, -0.25) is 19.5 Å². The molecule has 33 heavy (non-hydrogen) atoms. The zero-order chi connectivity index (χ0) is 24.1. The SMILES string of the molecule is CCC(=O)N(CC1(N2CCN(CCOC(C)C)CC2)CCOC(C)(C)C1)c1ncccc1F. The Hall–Kier alpha value is -1.61. The molecular formula is C25H41FN4O3. The van der Waals surface area contributed by atoms with E-state index >= 15 is 0 Å². The lowest BCUT2D eigenvalue weighted by molar-refractivity contribution is -0.130. The van der Waals surface area contributed by atoms with Crippen LogP contribution in [0.5, 0.6) is 0 Å². The number of pyridine rings is 1. The summed E-state index contributed by atoms with van der Waals surface area (Å²) in [5.41, 5.74) is -0.610. The molecule has 0 N–H and O–H groups in total. The average molecular weight is 465 g/mol. The maximum atomic E-state index is 14.7. The Labute approximate surface area is 198 Å². The quantitative estimate of drug-likeness (QED) is 0.559. The third-order valence-electron chi connectivity index (χ3n) is 6.77. The molecule has 0 bridgehead atoms. The first kappa shape index (κ1) is 26.0. The normalized spacial score (nSPS) is 24.2. The molecule has 2 saturated heterocycles. The van der Waals surface area contributed by atoms with Gasteiger partial charge in [0.25, 0.3) is 0 Å². The van der Waals surface area contributed by atoms with Crippen molar-refractivity contribution in [1.82, 2.24) is 14.8 Å². The first-order valence-electron chi connectivity index (χ1n) is 12.3. The lowest BCUT2D eigenvalue weighted by Gasteiger charge is -2.54. The highest BCUT2D eigenvalue weighted by Gasteiger charge is 2.47. The summed E-state index contributed by atoms with van der Waals surface area (Å²) in [5, 5.41) is 0. The van der Waals surface area contributed by atoms with E-state index in [1.54, 1.807) is 17.2 Å². The number of rotatable bonds is 9. The highest BCUT2D eigenvalue weighted by atomic mass is 19.1. The first-order valence-corrected chi connectivity index (χ1v) is 12.3. The highest BCUT2D eigenvalue weighted by Crippen LogP contribution is 2.39. The fraction of sp³-hybridized carbons (Fsp3) is 0.760. The Morgan fingerprint density at radius 3 is 2.64 bits per heavy atom. The van der Waals surface area contributed by atoms with Crippen LogP contribution in [0.1, 0.15) is 53.9 Å². The summed E-state index contributed by atoms with van der Waals surface area (Å²) in [5.74, 6) is -0.450. The molecule has 186 valence electrons.